The molecule has 9 nitrogen and oxygen atoms in total. The molecule has 0 fully saturated rings. The second-order valence-corrected chi connectivity index (χ2v) is 7.05. The maximum Gasteiger partial charge on any atom is 0.311 e. The number of aromatic amines is 1. The van der Waals surface area contributed by atoms with Gasteiger partial charge in [0, 0.05) is 23.9 Å². The summed E-state index contributed by atoms with van der Waals surface area (Å²) in [5.74, 6) is 0.701. The normalized spacial score (nSPS) is 10.7. The van der Waals surface area contributed by atoms with Gasteiger partial charge in [0.25, 0.3) is 0 Å². The zero-order valence-electron chi connectivity index (χ0n) is 16.1. The number of nitrogens with zero attached hydrogens (tertiary/aromatic N) is 2. The smallest absolute Gasteiger partial charge is 0.311 e. The van der Waals surface area contributed by atoms with Gasteiger partial charge in [0.2, 0.25) is 5.91 Å². The first-order valence-electron chi connectivity index (χ1n) is 8.79. The van der Waals surface area contributed by atoms with Crippen molar-refractivity contribution < 1.29 is 19.2 Å². The molecule has 0 aliphatic heterocycles. The number of nitrogens with one attached hydrogen (secondary N) is 2. The number of thioether (sulfide) groups is 1. The topological polar surface area (TPSA) is 119 Å². The minimum atomic E-state index is -0.522. The number of carbonyl (C=O) groups is 1. The highest BCUT2D eigenvalue weighted by atomic mass is 32.2. The van der Waals surface area contributed by atoms with Crippen molar-refractivity contribution in [3.05, 3.63) is 46.0 Å². The van der Waals surface area contributed by atoms with Crippen molar-refractivity contribution in [1.82, 2.24) is 9.97 Å². The molecule has 1 aromatic heterocycles. The summed E-state index contributed by atoms with van der Waals surface area (Å²) in [6.07, 6.45) is 0. The lowest BCUT2D eigenvalue weighted by Gasteiger charge is -2.10. The summed E-state index contributed by atoms with van der Waals surface area (Å²) < 4.78 is 10.5. The van der Waals surface area contributed by atoms with Crippen LogP contribution in [0, 0.1) is 17.0 Å². The van der Waals surface area contributed by atoms with E-state index < -0.39 is 4.92 Å². The van der Waals surface area contributed by atoms with Gasteiger partial charge in [0.15, 0.2) is 10.9 Å². The molecular weight excluding hydrogens is 396 g/mol. The molecule has 0 spiro atoms. The van der Waals surface area contributed by atoms with E-state index in [-0.39, 0.29) is 23.1 Å². The highest BCUT2D eigenvalue weighted by Crippen LogP contribution is 2.33. The third-order valence-corrected chi connectivity index (χ3v) is 4.95. The molecule has 0 atom stereocenters. The fourth-order valence-electron chi connectivity index (χ4n) is 2.72. The van der Waals surface area contributed by atoms with Crippen LogP contribution < -0.4 is 14.8 Å². The molecule has 29 heavy (non-hydrogen) atoms. The van der Waals surface area contributed by atoms with Crippen molar-refractivity contribution in [3.8, 4) is 11.5 Å². The lowest BCUT2D eigenvalue weighted by molar-refractivity contribution is -0.385. The Hall–Kier alpha value is -3.27. The van der Waals surface area contributed by atoms with Crippen LogP contribution >= 0.6 is 11.8 Å². The summed E-state index contributed by atoms with van der Waals surface area (Å²) in [6.45, 7) is 4.18. The first kappa shape index (κ1) is 20.5. The predicted octanol–water partition coefficient (Wildman–Crippen LogP) is 3.92. The number of fused-ring (bicyclic) bond motifs is 1. The van der Waals surface area contributed by atoms with Crippen LogP contribution in [-0.2, 0) is 4.79 Å². The SMILES string of the molecule is CCOc1ccc2nc(SCC(=O)Nc3cc(OC)c([N+](=O)[O-])cc3C)[nH]c2c1. The third kappa shape index (κ3) is 4.77. The van der Waals surface area contributed by atoms with E-state index in [0.29, 0.717) is 23.0 Å². The molecule has 1 amide bonds. The Morgan fingerprint density at radius 3 is 2.83 bits per heavy atom. The molecule has 3 rings (SSSR count). The van der Waals surface area contributed by atoms with Gasteiger partial charge in [-0.2, -0.15) is 0 Å². The molecule has 0 aliphatic carbocycles. The fraction of sp³-hybridized carbons (Fsp3) is 0.263. The summed E-state index contributed by atoms with van der Waals surface area (Å²) in [4.78, 5) is 30.5. The summed E-state index contributed by atoms with van der Waals surface area (Å²) in [6, 6.07) is 8.39. The minimum Gasteiger partial charge on any atom is -0.494 e. The molecular formula is C19H20N4O5S. The molecule has 0 aliphatic rings. The van der Waals surface area contributed by atoms with Gasteiger partial charge < -0.3 is 19.8 Å². The van der Waals surface area contributed by atoms with Crippen molar-refractivity contribution in [2.24, 2.45) is 0 Å². The molecule has 0 radical (unpaired) electrons. The number of methoxy groups -OCH3 is 1. The van der Waals surface area contributed by atoms with Crippen molar-refractivity contribution in [2.45, 2.75) is 19.0 Å². The van der Waals surface area contributed by atoms with E-state index in [1.165, 1.54) is 31.0 Å². The molecule has 0 saturated heterocycles. The first-order chi connectivity index (χ1) is 13.9. The Morgan fingerprint density at radius 2 is 2.14 bits per heavy atom. The number of H-pyrrole nitrogens is 1. The third-order valence-electron chi connectivity index (χ3n) is 4.08. The highest BCUT2D eigenvalue weighted by Gasteiger charge is 2.18. The Morgan fingerprint density at radius 1 is 1.34 bits per heavy atom. The van der Waals surface area contributed by atoms with Crippen molar-refractivity contribution in [2.75, 3.05) is 24.8 Å². The van der Waals surface area contributed by atoms with E-state index in [0.717, 1.165) is 16.8 Å². The molecule has 0 bridgehead atoms. The Labute approximate surface area is 171 Å². The number of carbonyl (C=O) groups excluding carboxylic acids is 1. The maximum atomic E-state index is 12.3. The Kier molecular flexibility index (Phi) is 6.23. The number of aromatic nitrogens is 2. The van der Waals surface area contributed by atoms with Gasteiger partial charge in [0.1, 0.15) is 5.75 Å². The number of nitro groups is 1. The number of hydrogen-bond donors (Lipinski definition) is 2. The summed E-state index contributed by atoms with van der Waals surface area (Å²) >= 11 is 1.26. The van der Waals surface area contributed by atoms with Gasteiger partial charge in [-0.1, -0.05) is 11.8 Å². The van der Waals surface area contributed by atoms with Crippen LogP contribution in [-0.4, -0.2) is 40.3 Å². The fourth-order valence-corrected chi connectivity index (χ4v) is 3.41. The number of imidazole rings is 1. The number of amides is 1. The largest absolute Gasteiger partial charge is 0.494 e. The van der Waals surface area contributed by atoms with Gasteiger partial charge in [-0.15, -0.1) is 0 Å². The minimum absolute atomic E-state index is 0.0888. The van der Waals surface area contributed by atoms with E-state index in [9.17, 15) is 14.9 Å². The van der Waals surface area contributed by atoms with Crippen LogP contribution in [0.3, 0.4) is 0 Å². The standard InChI is InChI=1S/C19H20N4O5S/c1-4-28-12-5-6-13-15(8-12)22-19(21-13)29-10-18(24)20-14-9-17(27-3)16(23(25)26)7-11(14)2/h5-9H,4,10H2,1-3H3,(H,20,24)(H,21,22). The van der Waals surface area contributed by atoms with Gasteiger partial charge in [0.05, 0.1) is 35.4 Å². The van der Waals surface area contributed by atoms with E-state index in [2.05, 4.69) is 15.3 Å². The second kappa shape index (κ2) is 8.82. The van der Waals surface area contributed by atoms with Gasteiger partial charge >= 0.3 is 5.69 Å². The Balaban J connectivity index is 1.67. The molecule has 3 aromatic rings. The summed E-state index contributed by atoms with van der Waals surface area (Å²) in [7, 11) is 1.34. The maximum absolute atomic E-state index is 12.3. The molecule has 0 unspecified atom stereocenters. The van der Waals surface area contributed by atoms with Gasteiger partial charge in [-0.3, -0.25) is 14.9 Å². The first-order valence-corrected chi connectivity index (χ1v) is 9.78. The molecule has 1 heterocycles. The number of rotatable bonds is 8. The van der Waals surface area contributed by atoms with E-state index in [1.807, 2.05) is 25.1 Å². The van der Waals surface area contributed by atoms with Crippen molar-refractivity contribution >= 4 is 40.1 Å². The zero-order chi connectivity index (χ0) is 21.0. The summed E-state index contributed by atoms with van der Waals surface area (Å²) in [5, 5.41) is 14.4. The zero-order valence-corrected chi connectivity index (χ0v) is 17.0. The number of hydrogen-bond acceptors (Lipinski definition) is 7. The van der Waals surface area contributed by atoms with Crippen LogP contribution in [0.5, 0.6) is 11.5 Å². The number of aryl methyl sites for hydroxylation is 1. The van der Waals surface area contributed by atoms with Crippen molar-refractivity contribution in [1.29, 1.82) is 0 Å². The molecule has 152 valence electrons. The predicted molar refractivity (Wildman–Crippen MR) is 111 cm³/mol. The van der Waals surface area contributed by atoms with Crippen LogP contribution in [0.15, 0.2) is 35.5 Å². The molecule has 2 N–H and O–H groups in total. The highest BCUT2D eigenvalue weighted by molar-refractivity contribution is 7.99. The van der Waals surface area contributed by atoms with Gasteiger partial charge in [-0.05, 0) is 31.5 Å². The number of nitro benzene ring substituents is 1. The van der Waals surface area contributed by atoms with Crippen LogP contribution in [0.1, 0.15) is 12.5 Å². The van der Waals surface area contributed by atoms with Crippen molar-refractivity contribution in [3.63, 3.8) is 0 Å². The monoisotopic (exact) mass is 416 g/mol. The molecule has 0 saturated carbocycles. The van der Waals surface area contributed by atoms with Crippen LogP contribution in [0.2, 0.25) is 0 Å². The average Bonchev–Trinajstić information content (AvgIpc) is 3.10. The number of benzene rings is 2. The summed E-state index contributed by atoms with van der Waals surface area (Å²) in [5.41, 5.74) is 2.50. The lowest BCUT2D eigenvalue weighted by Crippen LogP contribution is -2.15. The Bertz CT molecular complexity index is 1070. The quantitative estimate of drug-likeness (QED) is 0.324. The second-order valence-electron chi connectivity index (χ2n) is 6.09. The lowest BCUT2D eigenvalue weighted by atomic mass is 10.1. The molecule has 2 aromatic carbocycles. The van der Waals surface area contributed by atoms with E-state index in [4.69, 9.17) is 9.47 Å². The number of ether oxygens (including phenoxy) is 2. The van der Waals surface area contributed by atoms with Crippen LogP contribution in [0.25, 0.3) is 11.0 Å². The molecule has 10 heteroatoms. The van der Waals surface area contributed by atoms with Gasteiger partial charge in [-0.25, -0.2) is 4.98 Å². The van der Waals surface area contributed by atoms with E-state index >= 15 is 0 Å². The number of anilines is 1. The average molecular weight is 416 g/mol. The van der Waals surface area contributed by atoms with Crippen LogP contribution in [0.4, 0.5) is 11.4 Å². The van der Waals surface area contributed by atoms with E-state index in [1.54, 1.807) is 6.92 Å².